The molecular weight excluding hydrogens is 206 g/mol. The third-order valence-corrected chi connectivity index (χ3v) is 3.67. The molecule has 2 aromatic rings. The van der Waals surface area contributed by atoms with Gasteiger partial charge in [-0.15, -0.1) is 0 Å². The highest BCUT2D eigenvalue weighted by Crippen LogP contribution is 2.44. The Morgan fingerprint density at radius 3 is 2.41 bits per heavy atom. The average molecular weight is 223 g/mol. The summed E-state index contributed by atoms with van der Waals surface area (Å²) in [6.45, 7) is 6.42. The molecule has 0 aliphatic heterocycles. The van der Waals surface area contributed by atoms with Gasteiger partial charge in [0.05, 0.1) is 6.04 Å². The lowest BCUT2D eigenvalue weighted by Crippen LogP contribution is -2.09. The Labute approximate surface area is 102 Å². The van der Waals surface area contributed by atoms with Gasteiger partial charge in [0.15, 0.2) is 0 Å². The number of benzene rings is 2. The molecule has 0 heterocycles. The molecule has 0 amide bonds. The predicted molar refractivity (Wildman–Crippen MR) is 72.1 cm³/mol. The van der Waals surface area contributed by atoms with E-state index in [4.69, 9.17) is 5.73 Å². The molecule has 3 rings (SSSR count). The minimum atomic E-state index is 0.0421. The smallest absolute Gasteiger partial charge is 0.0566 e. The maximum atomic E-state index is 6.38. The molecule has 0 fully saturated rings. The minimum Gasteiger partial charge on any atom is -0.320 e. The van der Waals surface area contributed by atoms with Crippen molar-refractivity contribution in [1.82, 2.24) is 0 Å². The van der Waals surface area contributed by atoms with E-state index < -0.39 is 0 Å². The number of fused-ring (bicyclic) bond motifs is 3. The van der Waals surface area contributed by atoms with Crippen molar-refractivity contribution in [2.45, 2.75) is 26.8 Å². The average Bonchev–Trinajstić information content (AvgIpc) is 2.52. The molecule has 0 bridgehead atoms. The van der Waals surface area contributed by atoms with Crippen LogP contribution in [0.15, 0.2) is 30.3 Å². The van der Waals surface area contributed by atoms with Gasteiger partial charge in [0, 0.05) is 0 Å². The van der Waals surface area contributed by atoms with Gasteiger partial charge in [0.1, 0.15) is 0 Å². The summed E-state index contributed by atoms with van der Waals surface area (Å²) in [4.78, 5) is 0. The van der Waals surface area contributed by atoms with Gasteiger partial charge in [-0.3, -0.25) is 0 Å². The Morgan fingerprint density at radius 1 is 0.882 bits per heavy atom. The van der Waals surface area contributed by atoms with Crippen LogP contribution in [0.3, 0.4) is 0 Å². The minimum absolute atomic E-state index is 0.0421. The summed E-state index contributed by atoms with van der Waals surface area (Å²) in [5.74, 6) is 0. The van der Waals surface area contributed by atoms with Gasteiger partial charge in [-0.25, -0.2) is 0 Å². The third kappa shape index (κ3) is 1.43. The van der Waals surface area contributed by atoms with Crippen LogP contribution in [-0.2, 0) is 0 Å². The Kier molecular flexibility index (Phi) is 2.14. The van der Waals surface area contributed by atoms with E-state index >= 15 is 0 Å². The van der Waals surface area contributed by atoms with Crippen LogP contribution in [0.4, 0.5) is 0 Å². The molecule has 0 spiro atoms. The molecule has 86 valence electrons. The van der Waals surface area contributed by atoms with E-state index in [9.17, 15) is 0 Å². The highest BCUT2D eigenvalue weighted by Gasteiger charge is 2.27. The van der Waals surface area contributed by atoms with E-state index in [1.54, 1.807) is 0 Å². The first-order valence-electron chi connectivity index (χ1n) is 6.05. The number of aryl methyl sites for hydroxylation is 3. The Balaban J connectivity index is 2.35. The summed E-state index contributed by atoms with van der Waals surface area (Å²) in [5, 5.41) is 0. The van der Waals surface area contributed by atoms with Crippen molar-refractivity contribution in [1.29, 1.82) is 0 Å². The van der Waals surface area contributed by atoms with Crippen molar-refractivity contribution < 1.29 is 0 Å². The Morgan fingerprint density at radius 2 is 1.65 bits per heavy atom. The van der Waals surface area contributed by atoms with Crippen LogP contribution >= 0.6 is 0 Å². The molecule has 1 atom stereocenters. The highest BCUT2D eigenvalue weighted by molar-refractivity contribution is 5.80. The summed E-state index contributed by atoms with van der Waals surface area (Å²) >= 11 is 0. The van der Waals surface area contributed by atoms with Crippen molar-refractivity contribution in [3.05, 3.63) is 58.1 Å². The van der Waals surface area contributed by atoms with Gasteiger partial charge in [-0.05, 0) is 48.6 Å². The molecule has 1 aliphatic rings. The number of hydrogen-bond acceptors (Lipinski definition) is 1. The van der Waals surface area contributed by atoms with Crippen LogP contribution < -0.4 is 5.73 Å². The van der Waals surface area contributed by atoms with E-state index in [0.717, 1.165) is 0 Å². The standard InChI is InChI=1S/C16H17N/c1-9-4-5-12-13-8-10(2)6-11(3)15(13)16(17)14(12)7-9/h4-8,16H,17H2,1-3H3. The van der Waals surface area contributed by atoms with Gasteiger partial charge >= 0.3 is 0 Å². The van der Waals surface area contributed by atoms with Crippen molar-refractivity contribution in [3.63, 3.8) is 0 Å². The summed E-state index contributed by atoms with van der Waals surface area (Å²) in [7, 11) is 0. The third-order valence-electron chi connectivity index (χ3n) is 3.67. The second-order valence-corrected chi connectivity index (χ2v) is 5.11. The van der Waals surface area contributed by atoms with Crippen LogP contribution in [0.25, 0.3) is 11.1 Å². The van der Waals surface area contributed by atoms with Crippen molar-refractivity contribution >= 4 is 0 Å². The highest BCUT2D eigenvalue weighted by atomic mass is 14.7. The first kappa shape index (κ1) is 10.5. The van der Waals surface area contributed by atoms with E-state index in [0.29, 0.717) is 0 Å². The molecule has 0 radical (unpaired) electrons. The number of nitrogens with two attached hydrogens (primary N) is 1. The lowest BCUT2D eigenvalue weighted by molar-refractivity contribution is 0.889. The topological polar surface area (TPSA) is 26.0 Å². The maximum absolute atomic E-state index is 6.38. The Hall–Kier alpha value is -1.60. The SMILES string of the molecule is Cc1cc(C)c2c(c1)-c1ccc(C)cc1C2N. The maximum Gasteiger partial charge on any atom is 0.0566 e. The first-order valence-corrected chi connectivity index (χ1v) is 6.05. The van der Waals surface area contributed by atoms with E-state index in [1.165, 1.54) is 38.9 Å². The summed E-state index contributed by atoms with van der Waals surface area (Å²) in [6.07, 6.45) is 0. The monoisotopic (exact) mass is 223 g/mol. The summed E-state index contributed by atoms with van der Waals surface area (Å²) in [6, 6.07) is 11.1. The van der Waals surface area contributed by atoms with Crippen molar-refractivity contribution in [2.24, 2.45) is 5.73 Å². The van der Waals surface area contributed by atoms with Crippen molar-refractivity contribution in [3.8, 4) is 11.1 Å². The predicted octanol–water partition coefficient (Wildman–Crippen LogP) is 3.64. The van der Waals surface area contributed by atoms with E-state index in [1.807, 2.05) is 0 Å². The molecule has 0 saturated heterocycles. The summed E-state index contributed by atoms with van der Waals surface area (Å²) < 4.78 is 0. The fraction of sp³-hybridized carbons (Fsp3) is 0.250. The quantitative estimate of drug-likeness (QED) is 0.725. The second-order valence-electron chi connectivity index (χ2n) is 5.11. The molecule has 2 aromatic carbocycles. The zero-order valence-corrected chi connectivity index (χ0v) is 10.5. The van der Waals surface area contributed by atoms with E-state index in [2.05, 4.69) is 51.1 Å². The van der Waals surface area contributed by atoms with Gasteiger partial charge in [-0.1, -0.05) is 41.5 Å². The molecule has 17 heavy (non-hydrogen) atoms. The normalized spacial score (nSPS) is 16.8. The van der Waals surface area contributed by atoms with Crippen LogP contribution in [0.1, 0.15) is 33.9 Å². The van der Waals surface area contributed by atoms with Crippen LogP contribution in [0.5, 0.6) is 0 Å². The lowest BCUT2D eigenvalue weighted by atomic mass is 9.98. The number of rotatable bonds is 0. The zero-order chi connectivity index (χ0) is 12.2. The first-order chi connectivity index (χ1) is 8.08. The molecular formula is C16H17N. The van der Waals surface area contributed by atoms with Gasteiger partial charge in [-0.2, -0.15) is 0 Å². The fourth-order valence-electron chi connectivity index (χ4n) is 2.95. The molecule has 1 heteroatoms. The molecule has 0 aromatic heterocycles. The van der Waals surface area contributed by atoms with Gasteiger partial charge in [0.2, 0.25) is 0 Å². The van der Waals surface area contributed by atoms with Crippen LogP contribution in [-0.4, -0.2) is 0 Å². The number of hydrogen-bond donors (Lipinski definition) is 1. The van der Waals surface area contributed by atoms with E-state index in [-0.39, 0.29) is 6.04 Å². The molecule has 1 nitrogen and oxygen atoms in total. The van der Waals surface area contributed by atoms with Crippen LogP contribution in [0, 0.1) is 20.8 Å². The second kappa shape index (κ2) is 3.44. The Bertz CT molecular complexity index is 611. The zero-order valence-electron chi connectivity index (χ0n) is 10.5. The van der Waals surface area contributed by atoms with Gasteiger partial charge in [0.25, 0.3) is 0 Å². The molecule has 0 saturated carbocycles. The molecule has 2 N–H and O–H groups in total. The van der Waals surface area contributed by atoms with Crippen LogP contribution in [0.2, 0.25) is 0 Å². The van der Waals surface area contributed by atoms with Gasteiger partial charge < -0.3 is 5.73 Å². The largest absolute Gasteiger partial charge is 0.320 e. The summed E-state index contributed by atoms with van der Waals surface area (Å²) in [5.41, 5.74) is 15.5. The fourth-order valence-corrected chi connectivity index (χ4v) is 2.95. The molecule has 1 unspecified atom stereocenters. The van der Waals surface area contributed by atoms with Crippen molar-refractivity contribution in [2.75, 3.05) is 0 Å². The molecule has 1 aliphatic carbocycles. The lowest BCUT2D eigenvalue weighted by Gasteiger charge is -2.10.